The van der Waals surface area contributed by atoms with Crippen LogP contribution in [0.1, 0.15) is 58.8 Å². The zero-order valence-electron chi connectivity index (χ0n) is 20.2. The molecule has 7 atom stereocenters. The third-order valence-corrected chi connectivity index (χ3v) is 9.43. The highest BCUT2D eigenvalue weighted by molar-refractivity contribution is 5.92. The Morgan fingerprint density at radius 2 is 2.12 bits per heavy atom. The monoisotopic (exact) mass is 461 g/mol. The van der Waals surface area contributed by atoms with Crippen molar-refractivity contribution in [2.24, 2.45) is 22.7 Å². The molecule has 0 amide bonds. The maximum Gasteiger partial charge on any atom is 0.335 e. The van der Waals surface area contributed by atoms with E-state index < -0.39 is 11.5 Å². The van der Waals surface area contributed by atoms with Crippen molar-refractivity contribution in [3.8, 4) is 0 Å². The SMILES string of the molecule is C=C1CCC2[C@](C)(CO)C(O)CC[C@]2(C)[C@H]1CC(C1=CCOC1=O)N1CCCC1C(=O)OC. The summed E-state index contributed by atoms with van der Waals surface area (Å²) in [7, 11) is 1.41. The summed E-state index contributed by atoms with van der Waals surface area (Å²) in [5, 5.41) is 21.1. The van der Waals surface area contributed by atoms with Crippen LogP contribution in [-0.2, 0) is 19.1 Å². The molecular weight excluding hydrogens is 422 g/mol. The van der Waals surface area contributed by atoms with E-state index in [1.807, 2.05) is 13.0 Å². The molecule has 0 bridgehead atoms. The van der Waals surface area contributed by atoms with Crippen molar-refractivity contribution in [2.75, 3.05) is 26.9 Å². The van der Waals surface area contributed by atoms with Gasteiger partial charge in [0.15, 0.2) is 0 Å². The van der Waals surface area contributed by atoms with E-state index in [1.54, 1.807) is 0 Å². The zero-order valence-corrected chi connectivity index (χ0v) is 20.2. The van der Waals surface area contributed by atoms with E-state index in [-0.39, 0.29) is 54.5 Å². The lowest BCUT2D eigenvalue weighted by atomic mass is 9.46. The lowest BCUT2D eigenvalue weighted by Gasteiger charge is -2.60. The van der Waals surface area contributed by atoms with Gasteiger partial charge in [-0.15, -0.1) is 0 Å². The van der Waals surface area contributed by atoms with Crippen molar-refractivity contribution in [3.63, 3.8) is 0 Å². The highest BCUT2D eigenvalue weighted by atomic mass is 16.5. The summed E-state index contributed by atoms with van der Waals surface area (Å²) in [6.45, 7) is 9.67. The van der Waals surface area contributed by atoms with E-state index in [2.05, 4.69) is 18.4 Å². The van der Waals surface area contributed by atoms with Gasteiger partial charge < -0.3 is 19.7 Å². The fourth-order valence-electron chi connectivity index (χ4n) is 7.50. The summed E-state index contributed by atoms with van der Waals surface area (Å²) in [6, 6.07) is -0.623. The Balaban J connectivity index is 1.70. The number of ether oxygens (including phenoxy) is 2. The molecular formula is C26H39NO6. The van der Waals surface area contributed by atoms with Crippen LogP contribution in [0.5, 0.6) is 0 Å². The maximum absolute atomic E-state index is 12.7. The number of fused-ring (bicyclic) bond motifs is 1. The summed E-state index contributed by atoms with van der Waals surface area (Å²) in [5.74, 6) is -0.315. The summed E-state index contributed by atoms with van der Waals surface area (Å²) in [6.07, 6.45) is 6.79. The number of esters is 2. The molecule has 4 unspecified atom stereocenters. The maximum atomic E-state index is 12.7. The van der Waals surface area contributed by atoms with Gasteiger partial charge in [-0.3, -0.25) is 9.69 Å². The molecule has 0 radical (unpaired) electrons. The number of aliphatic hydroxyl groups is 2. The summed E-state index contributed by atoms with van der Waals surface area (Å²) < 4.78 is 10.4. The molecule has 0 aromatic rings. The van der Waals surface area contributed by atoms with Gasteiger partial charge in [-0.2, -0.15) is 0 Å². The Morgan fingerprint density at radius 3 is 2.76 bits per heavy atom. The molecule has 184 valence electrons. The van der Waals surface area contributed by atoms with E-state index in [0.29, 0.717) is 24.8 Å². The van der Waals surface area contributed by atoms with Gasteiger partial charge in [-0.1, -0.05) is 26.0 Å². The van der Waals surface area contributed by atoms with Crippen LogP contribution in [0.4, 0.5) is 0 Å². The standard InChI is InChI=1S/C26H39NO6/c1-16-7-8-21-25(2,11-9-22(29)26(21,3)15-28)18(16)14-20(17-10-13-33-23(17)30)27-12-5-6-19(27)24(31)32-4/h10,18-22,28-29H,1,5-9,11-15H2,2-4H3/t18-,19?,20?,21?,22?,25+,26-/m0/s1. The van der Waals surface area contributed by atoms with Gasteiger partial charge in [-0.05, 0) is 74.8 Å². The molecule has 7 nitrogen and oxygen atoms in total. The molecule has 0 spiro atoms. The van der Waals surface area contributed by atoms with Crippen molar-refractivity contribution >= 4 is 11.9 Å². The number of allylic oxidation sites excluding steroid dienone is 1. The van der Waals surface area contributed by atoms with E-state index in [0.717, 1.165) is 37.8 Å². The number of cyclic esters (lactones) is 1. The molecule has 3 fully saturated rings. The first kappa shape index (κ1) is 24.4. The number of carbonyl (C=O) groups excluding carboxylic acids is 2. The van der Waals surface area contributed by atoms with Gasteiger partial charge in [-0.25, -0.2) is 4.79 Å². The number of aliphatic hydroxyl groups excluding tert-OH is 2. The second-order valence-electron chi connectivity index (χ2n) is 11.0. The highest BCUT2D eigenvalue weighted by Gasteiger charge is 2.58. The number of rotatable bonds is 6. The molecule has 4 rings (SSSR count). The number of likely N-dealkylation sites (tertiary alicyclic amines) is 1. The molecule has 2 aliphatic heterocycles. The number of carbonyl (C=O) groups is 2. The molecule has 2 saturated carbocycles. The largest absolute Gasteiger partial charge is 0.468 e. The number of hydrogen-bond acceptors (Lipinski definition) is 7. The molecule has 0 aromatic carbocycles. The summed E-state index contributed by atoms with van der Waals surface area (Å²) in [4.78, 5) is 27.4. The van der Waals surface area contributed by atoms with E-state index >= 15 is 0 Å². The molecule has 2 aliphatic carbocycles. The van der Waals surface area contributed by atoms with Crippen LogP contribution in [-0.4, -0.2) is 72.1 Å². The smallest absolute Gasteiger partial charge is 0.335 e. The van der Waals surface area contributed by atoms with Crippen LogP contribution in [0.2, 0.25) is 0 Å². The molecule has 4 aliphatic rings. The summed E-state index contributed by atoms with van der Waals surface area (Å²) >= 11 is 0. The van der Waals surface area contributed by atoms with E-state index in [4.69, 9.17) is 9.47 Å². The third-order valence-electron chi connectivity index (χ3n) is 9.43. The normalized spacial score (nSPS) is 40.2. The quantitative estimate of drug-likeness (QED) is 0.464. The Hall–Kier alpha value is -1.70. The van der Waals surface area contributed by atoms with Crippen LogP contribution in [0.3, 0.4) is 0 Å². The van der Waals surface area contributed by atoms with Crippen LogP contribution < -0.4 is 0 Å². The predicted molar refractivity (Wildman–Crippen MR) is 123 cm³/mol. The van der Waals surface area contributed by atoms with Crippen molar-refractivity contribution in [2.45, 2.75) is 77.0 Å². The van der Waals surface area contributed by atoms with Gasteiger partial charge in [0.1, 0.15) is 12.6 Å². The first-order valence-corrected chi connectivity index (χ1v) is 12.3. The number of nitrogens with zero attached hydrogens (tertiary/aromatic N) is 1. The number of methoxy groups -OCH3 is 1. The average Bonchev–Trinajstić information content (AvgIpc) is 3.45. The topological polar surface area (TPSA) is 96.3 Å². The first-order valence-electron chi connectivity index (χ1n) is 12.3. The van der Waals surface area contributed by atoms with Gasteiger partial charge in [0.05, 0.1) is 25.4 Å². The van der Waals surface area contributed by atoms with Crippen LogP contribution in [0.25, 0.3) is 0 Å². The molecule has 7 heteroatoms. The van der Waals surface area contributed by atoms with Crippen molar-refractivity contribution in [1.29, 1.82) is 0 Å². The first-order chi connectivity index (χ1) is 15.7. The Labute approximate surface area is 196 Å². The van der Waals surface area contributed by atoms with Crippen molar-refractivity contribution < 1.29 is 29.3 Å². The zero-order chi connectivity index (χ0) is 24.0. The van der Waals surface area contributed by atoms with E-state index in [1.165, 1.54) is 7.11 Å². The van der Waals surface area contributed by atoms with Crippen LogP contribution in [0, 0.1) is 22.7 Å². The molecule has 33 heavy (non-hydrogen) atoms. The van der Waals surface area contributed by atoms with Crippen LogP contribution >= 0.6 is 0 Å². The average molecular weight is 462 g/mol. The third kappa shape index (κ3) is 3.96. The van der Waals surface area contributed by atoms with Gasteiger partial charge in [0.25, 0.3) is 0 Å². The Morgan fingerprint density at radius 1 is 1.36 bits per heavy atom. The lowest BCUT2D eigenvalue weighted by molar-refractivity contribution is -0.155. The van der Waals surface area contributed by atoms with Gasteiger partial charge in [0, 0.05) is 11.5 Å². The minimum Gasteiger partial charge on any atom is -0.468 e. The minimum absolute atomic E-state index is 0.0505. The minimum atomic E-state index is -0.560. The number of hydrogen-bond donors (Lipinski definition) is 2. The fourth-order valence-corrected chi connectivity index (χ4v) is 7.50. The van der Waals surface area contributed by atoms with Gasteiger partial charge >= 0.3 is 11.9 Å². The van der Waals surface area contributed by atoms with E-state index in [9.17, 15) is 19.8 Å². The summed E-state index contributed by atoms with van der Waals surface area (Å²) in [5.41, 5.74) is 1.07. The van der Waals surface area contributed by atoms with Crippen LogP contribution in [0.15, 0.2) is 23.8 Å². The molecule has 2 N–H and O–H groups in total. The second kappa shape index (κ2) is 9.16. The molecule has 2 heterocycles. The van der Waals surface area contributed by atoms with Crippen molar-refractivity contribution in [3.05, 3.63) is 23.8 Å². The Bertz CT molecular complexity index is 839. The lowest BCUT2D eigenvalue weighted by Crippen LogP contribution is -2.58. The second-order valence-corrected chi connectivity index (χ2v) is 11.0. The fraction of sp³-hybridized carbons (Fsp3) is 0.769. The predicted octanol–water partition coefficient (Wildman–Crippen LogP) is 2.61. The highest BCUT2D eigenvalue weighted by Crippen LogP contribution is 2.62. The van der Waals surface area contributed by atoms with Crippen molar-refractivity contribution in [1.82, 2.24) is 4.90 Å². The Kier molecular flexibility index (Phi) is 6.78. The molecule has 0 aromatic heterocycles. The molecule has 1 saturated heterocycles. The van der Waals surface area contributed by atoms with Gasteiger partial charge in [0.2, 0.25) is 0 Å².